The number of Topliss-reactive ketones (excluding diaryl/α,β-unsaturated/α-hetero) is 3. The predicted octanol–water partition coefficient (Wildman–Crippen LogP) is 18.2. The van der Waals surface area contributed by atoms with E-state index in [2.05, 4.69) is 76.1 Å². The number of carbonyl (C=O) groups is 8. The van der Waals surface area contributed by atoms with Crippen molar-refractivity contribution >= 4 is 91.2 Å². The number of halogens is 1. The van der Waals surface area contributed by atoms with E-state index in [-0.39, 0.29) is 108 Å². The van der Waals surface area contributed by atoms with Gasteiger partial charge in [-0.05, 0) is 263 Å². The highest BCUT2D eigenvalue weighted by Crippen LogP contribution is 2.35. The smallest absolute Gasteiger partial charge is 0.305 e. The van der Waals surface area contributed by atoms with Gasteiger partial charge < -0.3 is 40.7 Å². The van der Waals surface area contributed by atoms with E-state index < -0.39 is 59.7 Å². The molecule has 5 N–H and O–H groups in total. The third kappa shape index (κ3) is 27.8. The molecular weight excluding hydrogens is 1770 g/mol. The molecular formula is C112H127FN14O13. The Bertz CT molecular complexity index is 6900. The number of ketones is 3. The molecule has 0 radical (unpaired) electrons. The van der Waals surface area contributed by atoms with Gasteiger partial charge in [0.05, 0.1) is 82.3 Å². The number of piperidine rings is 1. The Hall–Kier alpha value is -14.8. The van der Waals surface area contributed by atoms with Crippen LogP contribution in [-0.4, -0.2) is 116 Å². The molecule has 8 aromatic carbocycles. The lowest BCUT2D eigenvalue weighted by Gasteiger charge is -2.34. The molecule has 140 heavy (non-hydrogen) atoms. The van der Waals surface area contributed by atoms with Gasteiger partial charge in [0, 0.05) is 87.0 Å². The number of carboxylic acid groups (broad SMARTS) is 1. The van der Waals surface area contributed by atoms with Gasteiger partial charge in [0.1, 0.15) is 47.8 Å². The normalized spacial score (nSPS) is 14.4. The average Bonchev–Trinajstić information content (AvgIpc) is 0.785. The quantitative estimate of drug-likeness (QED) is 0.0250. The van der Waals surface area contributed by atoms with Crippen LogP contribution in [0.1, 0.15) is 220 Å². The zero-order valence-electron chi connectivity index (χ0n) is 82.2. The zero-order valence-corrected chi connectivity index (χ0v) is 82.2. The number of anilines is 2. The summed E-state index contributed by atoms with van der Waals surface area (Å²) in [6.07, 6.45) is 14.2. The summed E-state index contributed by atoms with van der Waals surface area (Å²) < 4.78 is 19.5. The van der Waals surface area contributed by atoms with Gasteiger partial charge in [0.15, 0.2) is 0 Å². The van der Waals surface area contributed by atoms with Crippen LogP contribution in [0.15, 0.2) is 257 Å². The SMILES string of the molecule is CC(=O)C[C@H](NC(=O)[C@@H](CC(C)C)n1ccc(C)cc1=O)c1cncc(-c2c(C)cc(F)cc2C)c1.CC(=O)C[C@H](NC(=O)[C@H](CC(C)C)n1cnc2ccccc2c1=O)c1cccc(N2CCC2)c1.CC(=O)C[C@H](NC(=O)[C@H](CC(C)C)n1cnc2ccccc2c1=O)c1cccc(N2CCC[C@H](C)C2)c1.Cc1ccccc1-c1cccc([C@H](CC(=O)O)NC(=O)Cn2c(=O)cnc3ccccc32)c1. The van der Waals surface area contributed by atoms with E-state index in [0.29, 0.717) is 69.1 Å². The number of carboxylic acids is 1. The molecule has 0 spiro atoms. The van der Waals surface area contributed by atoms with Crippen LogP contribution in [0.3, 0.4) is 0 Å². The van der Waals surface area contributed by atoms with Gasteiger partial charge in [0.25, 0.3) is 22.2 Å². The number of hydrogen-bond acceptors (Lipinski definition) is 18. The van der Waals surface area contributed by atoms with Crippen molar-refractivity contribution in [3.63, 3.8) is 0 Å². The molecule has 4 amide bonds. The number of aryl methyl sites for hydroxylation is 4. The molecule has 8 atom stereocenters. The molecule has 5 aromatic heterocycles. The van der Waals surface area contributed by atoms with E-state index in [4.69, 9.17) is 0 Å². The van der Waals surface area contributed by atoms with Crippen LogP contribution in [0.5, 0.6) is 0 Å². The molecule has 7 heterocycles. The number of aliphatic carboxylic acids is 1. The minimum atomic E-state index is -1.03. The Morgan fingerprint density at radius 1 is 0.443 bits per heavy atom. The number of para-hydroxylation sites is 4. The molecule has 15 rings (SSSR count). The van der Waals surface area contributed by atoms with E-state index in [1.54, 1.807) is 98.3 Å². The van der Waals surface area contributed by atoms with Crippen molar-refractivity contribution in [1.29, 1.82) is 0 Å². The minimum Gasteiger partial charge on any atom is -0.481 e. The van der Waals surface area contributed by atoms with E-state index in [0.717, 1.165) is 99.6 Å². The molecule has 28 heteroatoms. The minimum absolute atomic E-state index is 0.00718. The first-order valence-electron chi connectivity index (χ1n) is 48.0. The number of rotatable bonds is 34. The first-order valence-corrected chi connectivity index (χ1v) is 48.0. The van der Waals surface area contributed by atoms with Gasteiger partial charge in [-0.2, -0.15) is 0 Å². The highest BCUT2D eigenvalue weighted by molar-refractivity contribution is 5.87. The molecule has 2 fully saturated rings. The van der Waals surface area contributed by atoms with Gasteiger partial charge >= 0.3 is 5.97 Å². The predicted molar refractivity (Wildman–Crippen MR) is 547 cm³/mol. The maximum atomic E-state index is 13.9. The van der Waals surface area contributed by atoms with Gasteiger partial charge in [-0.3, -0.25) is 76.2 Å². The number of benzene rings is 8. The lowest BCUT2D eigenvalue weighted by atomic mass is 9.93. The fourth-order valence-corrected chi connectivity index (χ4v) is 18.2. The lowest BCUT2D eigenvalue weighted by Crippen LogP contribution is -2.40. The zero-order chi connectivity index (χ0) is 101. The van der Waals surface area contributed by atoms with Crippen LogP contribution in [0.4, 0.5) is 15.8 Å². The molecule has 13 aromatic rings. The van der Waals surface area contributed by atoms with E-state index >= 15 is 0 Å². The molecule has 2 aliphatic heterocycles. The summed E-state index contributed by atoms with van der Waals surface area (Å²) in [4.78, 5) is 175. The molecule has 0 bridgehead atoms. The fourth-order valence-electron chi connectivity index (χ4n) is 18.2. The highest BCUT2D eigenvalue weighted by atomic mass is 19.1. The number of fused-ring (bicyclic) bond motifs is 3. The van der Waals surface area contributed by atoms with Crippen LogP contribution in [0.2, 0.25) is 0 Å². The number of nitrogens with one attached hydrogen (secondary N) is 4. The van der Waals surface area contributed by atoms with E-state index in [1.807, 2.05) is 160 Å². The number of hydrogen-bond donors (Lipinski definition) is 5. The van der Waals surface area contributed by atoms with E-state index in [9.17, 15) is 67.0 Å². The molecule has 2 aliphatic rings. The number of aromatic nitrogens is 8. The van der Waals surface area contributed by atoms with Crippen molar-refractivity contribution in [1.82, 2.24) is 59.5 Å². The topological polar surface area (TPSA) is 351 Å². The van der Waals surface area contributed by atoms with Gasteiger partial charge in [-0.1, -0.05) is 152 Å². The molecule has 0 aliphatic carbocycles. The van der Waals surface area contributed by atoms with Crippen LogP contribution in [0.25, 0.3) is 55.1 Å². The van der Waals surface area contributed by atoms with Gasteiger partial charge in [-0.25, -0.2) is 19.3 Å². The first-order chi connectivity index (χ1) is 66.9. The summed E-state index contributed by atoms with van der Waals surface area (Å²) in [7, 11) is 0. The van der Waals surface area contributed by atoms with Gasteiger partial charge in [0.2, 0.25) is 23.6 Å². The van der Waals surface area contributed by atoms with Crippen molar-refractivity contribution in [2.45, 2.75) is 210 Å². The summed E-state index contributed by atoms with van der Waals surface area (Å²) in [5, 5.41) is 22.4. The second kappa shape index (κ2) is 48.5. The monoisotopic (exact) mass is 1890 g/mol. The number of pyridine rings is 2. The summed E-state index contributed by atoms with van der Waals surface area (Å²) in [5.74, 6) is -1.66. The molecule has 0 saturated carbocycles. The maximum absolute atomic E-state index is 13.9. The summed E-state index contributed by atoms with van der Waals surface area (Å²) in [6.45, 7) is 30.2. The third-order valence-corrected chi connectivity index (χ3v) is 25.2. The maximum Gasteiger partial charge on any atom is 0.305 e. The van der Waals surface area contributed by atoms with Crippen molar-refractivity contribution < 1.29 is 47.9 Å². The second-order valence-corrected chi connectivity index (χ2v) is 38.2. The van der Waals surface area contributed by atoms with Crippen molar-refractivity contribution in [2.24, 2.45) is 23.7 Å². The van der Waals surface area contributed by atoms with E-state index in [1.165, 1.54) is 82.0 Å². The Morgan fingerprint density at radius 3 is 1.41 bits per heavy atom. The largest absolute Gasteiger partial charge is 0.481 e. The fraction of sp³-hybridized carbons (Fsp3) is 0.357. The average molecular weight is 1900 g/mol. The summed E-state index contributed by atoms with van der Waals surface area (Å²) >= 11 is 0. The summed E-state index contributed by atoms with van der Waals surface area (Å²) in [6, 6.07) is 56.5. The first kappa shape index (κ1) is 104. The Kier molecular flexibility index (Phi) is 36.0. The number of nitrogens with zero attached hydrogens (tertiary/aromatic N) is 10. The molecule has 27 nitrogen and oxygen atoms in total. The lowest BCUT2D eigenvalue weighted by molar-refractivity contribution is -0.138. The molecule has 730 valence electrons. The Morgan fingerprint density at radius 2 is 0.907 bits per heavy atom. The van der Waals surface area contributed by atoms with Crippen LogP contribution in [-0.2, 0) is 44.9 Å². The van der Waals surface area contributed by atoms with Crippen LogP contribution < -0.4 is 53.3 Å². The van der Waals surface area contributed by atoms with Crippen LogP contribution >= 0.6 is 0 Å². The van der Waals surface area contributed by atoms with Crippen molar-refractivity contribution in [2.75, 3.05) is 36.0 Å². The molecule has 2 saturated heterocycles. The molecule has 0 unspecified atom stereocenters. The van der Waals surface area contributed by atoms with Crippen LogP contribution in [0, 0.1) is 57.2 Å². The van der Waals surface area contributed by atoms with Gasteiger partial charge in [-0.15, -0.1) is 0 Å². The van der Waals surface area contributed by atoms with Crippen molar-refractivity contribution in [3.05, 3.63) is 329 Å². The third-order valence-electron chi connectivity index (χ3n) is 25.2. The number of amides is 4. The number of carbonyl (C=O) groups excluding carboxylic acids is 7. The highest BCUT2D eigenvalue weighted by Gasteiger charge is 2.33. The second-order valence-electron chi connectivity index (χ2n) is 38.2. The Labute approximate surface area is 815 Å². The summed E-state index contributed by atoms with van der Waals surface area (Å²) in [5.41, 5.74) is 13.6. The Balaban J connectivity index is 0.000000167. The van der Waals surface area contributed by atoms with Crippen molar-refractivity contribution in [3.8, 4) is 22.3 Å². The standard InChI is InChI=1S/C30H38N4O3.C29H34FN3O3.C27H32N4O3.C26H23N3O4/c1-20(2)15-28(34-19-31-26-13-6-5-12-25(26)30(34)37)29(36)32-27(16-22(4)35)23-10-7-11-24(17-23)33-14-8-9-21(3)18-33;1-17(2)9-26(33-8-7-18(3)10-27(33)35)29(36)32-25(13-21(6)34)22-14-23(16-31-15-22)28-19(4)11-24(30)12-20(28)5;1-18(2)14-25(31-17-28-23-11-5-4-10-22(23)27(31)34)26(33)29-24(15-19(3)32)20-8-6-9-21(16-20)30-12-7-13-30;1-17-7-2-3-10-20(17)18-8-6-9-19(13-18)22(14-26(32)33)28-24(30)16-29-23-12-5-4-11-21(23)27-15-25(29)31/h5-7,10-13,17,19-21,27-28H,8-9,14-16,18H2,1-4H3,(H,32,36);7-8,10-12,14-17,25-26H,9,13H2,1-6H3,(H,32,36);4-6,8-11,16-18,24-25H,7,12-15H2,1-3H3,(H,29,33);2-13,15,22H,14,16H2,1H3,(H,28,30)(H,32,33)/t21-,27-,28-;25-,26+;24-,25-;22-/m0000/s1.